The van der Waals surface area contributed by atoms with Crippen LogP contribution in [-0.4, -0.2) is 25.9 Å². The lowest BCUT2D eigenvalue weighted by Crippen LogP contribution is -2.16. The van der Waals surface area contributed by atoms with Crippen LogP contribution in [0.25, 0.3) is 0 Å². The molecule has 0 aliphatic carbocycles. The quantitative estimate of drug-likeness (QED) is 0.707. The zero-order chi connectivity index (χ0) is 14.2. The van der Waals surface area contributed by atoms with E-state index in [-0.39, 0.29) is 17.1 Å². The predicted octanol–water partition coefficient (Wildman–Crippen LogP) is 2.81. The van der Waals surface area contributed by atoms with Gasteiger partial charge in [0, 0.05) is 6.61 Å². The van der Waals surface area contributed by atoms with Crippen molar-refractivity contribution < 1.29 is 18.2 Å². The Morgan fingerprint density at radius 2 is 1.28 bits per heavy atom. The second-order valence-corrected chi connectivity index (χ2v) is 5.18. The smallest absolute Gasteiger partial charge is 0.209 e. The largest absolute Gasteiger partial charge is 0.397 e. The third kappa shape index (κ3) is 44.7. The maximum Gasteiger partial charge on any atom is 0.209 e. The fraction of sp³-hybridized carbons (Fsp3) is 1.00. The molecule has 0 saturated carbocycles. The van der Waals surface area contributed by atoms with E-state index < -0.39 is 10.0 Å². The summed E-state index contributed by atoms with van der Waals surface area (Å²) in [5.41, 5.74) is 0. The Kier molecular flexibility index (Phi) is 32.3. The molecule has 3 N–H and O–H groups in total. The Labute approximate surface area is 112 Å². The Bertz CT molecular complexity index is 209. The number of halogens is 1. The third-order valence-corrected chi connectivity index (χ3v) is 2.64. The van der Waals surface area contributed by atoms with Gasteiger partial charge in [0.2, 0.25) is 10.0 Å². The second-order valence-electron chi connectivity index (χ2n) is 3.45. The molecule has 0 amide bonds. The van der Waals surface area contributed by atoms with E-state index in [2.05, 4.69) is 6.92 Å². The number of rotatable bonds is 7. The van der Waals surface area contributed by atoms with Gasteiger partial charge in [0.05, 0.1) is 5.75 Å². The minimum absolute atomic E-state index is 0. The first-order valence-electron chi connectivity index (χ1n) is 6.59. The molecule has 0 aliphatic heterocycles. The average Bonchev–Trinajstić information content (AvgIpc) is 2.26. The molecule has 116 valence electrons. The first kappa shape index (κ1) is 26.4. The second kappa shape index (κ2) is 22.0. The Morgan fingerprint density at radius 1 is 0.944 bits per heavy atom. The summed E-state index contributed by atoms with van der Waals surface area (Å²) in [6.45, 7) is 8.09. The number of aliphatic hydroxyl groups is 1. The average molecular weight is 289 g/mol. The van der Waals surface area contributed by atoms with Crippen molar-refractivity contribution in [1.29, 1.82) is 0 Å². The fourth-order valence-corrected chi connectivity index (χ4v) is 1.69. The van der Waals surface area contributed by atoms with Crippen molar-refractivity contribution in [2.45, 2.75) is 66.2 Å². The number of nitrogens with two attached hydrogens (primary N) is 1. The Hall–Kier alpha value is -0.200. The third-order valence-electron chi connectivity index (χ3n) is 1.78. The van der Waals surface area contributed by atoms with E-state index in [1.165, 1.54) is 19.3 Å². The number of hydrogen-bond donors (Lipinski definition) is 2. The standard InChI is InChI=1S/C8H19NO2S.C2H6O.C2H6.FH/c1-2-3-4-5-6-7-8-12(9,10)11;1-2-3;1-2;/h2-8H2,1H3,(H2,9,10,11);3H,2H2,1H3;1-2H3;1H. The van der Waals surface area contributed by atoms with E-state index in [4.69, 9.17) is 10.2 Å². The van der Waals surface area contributed by atoms with E-state index >= 15 is 0 Å². The lowest BCUT2D eigenvalue weighted by Gasteiger charge is -1.98. The van der Waals surface area contributed by atoms with Gasteiger partial charge < -0.3 is 5.11 Å². The molecule has 6 heteroatoms. The van der Waals surface area contributed by atoms with Crippen LogP contribution in [0.1, 0.15) is 66.2 Å². The van der Waals surface area contributed by atoms with Crippen LogP contribution in [0.5, 0.6) is 0 Å². The summed E-state index contributed by atoms with van der Waals surface area (Å²) in [6, 6.07) is 0. The van der Waals surface area contributed by atoms with E-state index in [0.717, 1.165) is 12.8 Å². The number of unbranched alkanes of at least 4 members (excludes halogenated alkanes) is 5. The van der Waals surface area contributed by atoms with Crippen LogP contribution >= 0.6 is 0 Å². The molecule has 0 aliphatic rings. The van der Waals surface area contributed by atoms with Gasteiger partial charge in [0.25, 0.3) is 0 Å². The summed E-state index contributed by atoms with van der Waals surface area (Å²) in [5, 5.41) is 12.4. The summed E-state index contributed by atoms with van der Waals surface area (Å²) in [7, 11) is -3.22. The lowest BCUT2D eigenvalue weighted by molar-refractivity contribution is 0.318. The van der Waals surface area contributed by atoms with Gasteiger partial charge in [-0.15, -0.1) is 0 Å². The summed E-state index contributed by atoms with van der Waals surface area (Å²) >= 11 is 0. The molecule has 0 rings (SSSR count). The maximum absolute atomic E-state index is 10.5. The van der Waals surface area contributed by atoms with Crippen molar-refractivity contribution in [3.8, 4) is 0 Å². The topological polar surface area (TPSA) is 80.4 Å². The van der Waals surface area contributed by atoms with Crippen LogP contribution in [0.15, 0.2) is 0 Å². The van der Waals surface area contributed by atoms with Crippen molar-refractivity contribution in [1.82, 2.24) is 0 Å². The van der Waals surface area contributed by atoms with Crippen molar-refractivity contribution in [2.75, 3.05) is 12.4 Å². The molecule has 0 fully saturated rings. The van der Waals surface area contributed by atoms with Crippen LogP contribution in [0, 0.1) is 0 Å². The molecule has 0 radical (unpaired) electrons. The number of sulfonamides is 1. The van der Waals surface area contributed by atoms with Crippen LogP contribution < -0.4 is 5.14 Å². The van der Waals surface area contributed by atoms with E-state index in [9.17, 15) is 8.42 Å². The van der Waals surface area contributed by atoms with Gasteiger partial charge in [-0.25, -0.2) is 13.6 Å². The summed E-state index contributed by atoms with van der Waals surface area (Å²) < 4.78 is 21.0. The van der Waals surface area contributed by atoms with Crippen LogP contribution in [-0.2, 0) is 10.0 Å². The van der Waals surface area contributed by atoms with E-state index in [1.807, 2.05) is 13.8 Å². The molecule has 0 bridgehead atoms. The molecule has 0 spiro atoms. The van der Waals surface area contributed by atoms with Gasteiger partial charge >= 0.3 is 0 Å². The molecule has 18 heavy (non-hydrogen) atoms. The molecule has 0 heterocycles. The van der Waals surface area contributed by atoms with E-state index in [0.29, 0.717) is 6.42 Å². The van der Waals surface area contributed by atoms with Crippen molar-refractivity contribution in [3.63, 3.8) is 0 Å². The van der Waals surface area contributed by atoms with Crippen LogP contribution in [0.3, 0.4) is 0 Å². The zero-order valence-corrected chi connectivity index (χ0v) is 13.1. The van der Waals surface area contributed by atoms with Crippen molar-refractivity contribution >= 4 is 10.0 Å². The molecule has 0 saturated heterocycles. The number of aliphatic hydroxyl groups excluding tert-OH is 1. The molecule has 0 atom stereocenters. The monoisotopic (exact) mass is 289 g/mol. The highest BCUT2D eigenvalue weighted by Crippen LogP contribution is 2.05. The highest BCUT2D eigenvalue weighted by Gasteiger charge is 2.00. The summed E-state index contributed by atoms with van der Waals surface area (Å²) in [4.78, 5) is 0. The Morgan fingerprint density at radius 3 is 1.61 bits per heavy atom. The lowest BCUT2D eigenvalue weighted by atomic mass is 10.1. The molecular weight excluding hydrogens is 257 g/mol. The fourth-order valence-electron chi connectivity index (χ4n) is 1.08. The first-order chi connectivity index (χ1) is 7.97. The van der Waals surface area contributed by atoms with Crippen molar-refractivity contribution in [2.24, 2.45) is 5.14 Å². The van der Waals surface area contributed by atoms with Crippen LogP contribution in [0.4, 0.5) is 4.70 Å². The molecule has 0 unspecified atom stereocenters. The van der Waals surface area contributed by atoms with Gasteiger partial charge in [-0.05, 0) is 13.3 Å². The normalized spacial score (nSPS) is 9.22. The molecular formula is C12H32FNO3S. The molecule has 4 nitrogen and oxygen atoms in total. The molecule has 0 aromatic carbocycles. The van der Waals surface area contributed by atoms with Gasteiger partial charge in [-0.1, -0.05) is 52.9 Å². The van der Waals surface area contributed by atoms with Gasteiger partial charge in [0.1, 0.15) is 0 Å². The number of primary sulfonamides is 1. The van der Waals surface area contributed by atoms with Gasteiger partial charge in [0.15, 0.2) is 0 Å². The Balaban J connectivity index is -0.000000142. The van der Waals surface area contributed by atoms with Gasteiger partial charge in [-0.3, -0.25) is 4.70 Å². The summed E-state index contributed by atoms with van der Waals surface area (Å²) in [5.74, 6) is 0.138. The minimum atomic E-state index is -3.22. The SMILES string of the molecule is CC.CCCCCCCCS(N)(=O)=O.CCO.F. The first-order valence-corrected chi connectivity index (χ1v) is 8.30. The molecule has 0 aromatic heterocycles. The number of hydrogen-bond acceptors (Lipinski definition) is 3. The maximum atomic E-state index is 10.5. The van der Waals surface area contributed by atoms with Crippen LogP contribution in [0.2, 0.25) is 0 Å². The van der Waals surface area contributed by atoms with Gasteiger partial charge in [-0.2, -0.15) is 0 Å². The highest BCUT2D eigenvalue weighted by molar-refractivity contribution is 7.89. The predicted molar refractivity (Wildman–Crippen MR) is 78.0 cm³/mol. The zero-order valence-electron chi connectivity index (χ0n) is 12.3. The highest BCUT2D eigenvalue weighted by atomic mass is 32.2. The molecule has 0 aromatic rings. The minimum Gasteiger partial charge on any atom is -0.397 e. The van der Waals surface area contributed by atoms with E-state index in [1.54, 1.807) is 6.92 Å². The summed E-state index contributed by atoms with van der Waals surface area (Å²) in [6.07, 6.45) is 6.49. The van der Waals surface area contributed by atoms with Crippen molar-refractivity contribution in [3.05, 3.63) is 0 Å².